The quantitative estimate of drug-likeness (QED) is 0.734. The van der Waals surface area contributed by atoms with Gasteiger partial charge in [-0.3, -0.25) is 4.79 Å². The van der Waals surface area contributed by atoms with E-state index in [0.717, 1.165) is 61.7 Å². The molecule has 0 spiro atoms. The van der Waals surface area contributed by atoms with Gasteiger partial charge in [0.2, 0.25) is 5.91 Å². The van der Waals surface area contributed by atoms with Gasteiger partial charge in [-0.1, -0.05) is 0 Å². The van der Waals surface area contributed by atoms with Crippen LogP contribution in [0.3, 0.4) is 0 Å². The molecule has 1 saturated heterocycles. The first-order chi connectivity index (χ1) is 13.7. The lowest BCUT2D eigenvalue weighted by molar-refractivity contribution is -0.117. The highest BCUT2D eigenvalue weighted by molar-refractivity contribution is 5.93. The summed E-state index contributed by atoms with van der Waals surface area (Å²) >= 11 is 0. The average Bonchev–Trinajstić information content (AvgIpc) is 3.52. The summed E-state index contributed by atoms with van der Waals surface area (Å²) in [6, 6.07) is 3.90. The van der Waals surface area contributed by atoms with Crippen LogP contribution in [0, 0.1) is 5.92 Å². The van der Waals surface area contributed by atoms with Crippen molar-refractivity contribution in [2.75, 3.05) is 41.3 Å². The van der Waals surface area contributed by atoms with Gasteiger partial charge < -0.3 is 19.7 Å². The molecule has 0 radical (unpaired) electrons. The third-order valence-electron chi connectivity index (χ3n) is 5.37. The number of aryl methyl sites for hydroxylation is 1. The molecule has 3 aromatic rings. The molecule has 4 heterocycles. The molecule has 0 unspecified atom stereocenters. The van der Waals surface area contributed by atoms with Gasteiger partial charge in [-0.2, -0.15) is 0 Å². The topological polar surface area (TPSA) is 92.1 Å². The van der Waals surface area contributed by atoms with Crippen LogP contribution in [-0.2, 0) is 11.8 Å². The van der Waals surface area contributed by atoms with Gasteiger partial charge in [0, 0.05) is 39.1 Å². The van der Waals surface area contributed by atoms with E-state index in [1.54, 1.807) is 12.7 Å². The Kier molecular flexibility index (Phi) is 4.07. The number of nitrogens with one attached hydrogen (secondary N) is 1. The van der Waals surface area contributed by atoms with Crippen molar-refractivity contribution >= 4 is 34.4 Å². The van der Waals surface area contributed by atoms with E-state index in [-0.39, 0.29) is 11.8 Å². The molecule has 2 fully saturated rings. The number of rotatable bonds is 4. The SMILES string of the molecule is Cn1cnc2c(N3CCN(c4ccc(NC(=O)C5CC5)nc4)CC3)ncnc21. The minimum Gasteiger partial charge on any atom is -0.367 e. The fourth-order valence-electron chi connectivity index (χ4n) is 3.56. The van der Waals surface area contributed by atoms with E-state index in [9.17, 15) is 4.79 Å². The zero-order valence-electron chi connectivity index (χ0n) is 15.7. The van der Waals surface area contributed by atoms with Gasteiger partial charge in [0.05, 0.1) is 18.2 Å². The number of hydrogen-bond acceptors (Lipinski definition) is 7. The van der Waals surface area contributed by atoms with E-state index in [4.69, 9.17) is 0 Å². The molecule has 1 N–H and O–H groups in total. The zero-order chi connectivity index (χ0) is 19.1. The summed E-state index contributed by atoms with van der Waals surface area (Å²) in [7, 11) is 1.94. The van der Waals surface area contributed by atoms with Crippen molar-refractivity contribution in [3.63, 3.8) is 0 Å². The number of hydrogen-bond donors (Lipinski definition) is 1. The number of piperazine rings is 1. The summed E-state index contributed by atoms with van der Waals surface area (Å²) in [6.07, 6.45) is 7.19. The predicted molar refractivity (Wildman–Crippen MR) is 106 cm³/mol. The molecule has 1 saturated carbocycles. The summed E-state index contributed by atoms with van der Waals surface area (Å²) in [5, 5.41) is 2.88. The molecule has 1 aliphatic carbocycles. The van der Waals surface area contributed by atoms with Crippen LogP contribution in [-0.4, -0.2) is 56.6 Å². The number of amides is 1. The van der Waals surface area contributed by atoms with E-state index in [0.29, 0.717) is 5.82 Å². The molecule has 0 atom stereocenters. The Morgan fingerprint density at radius 3 is 2.54 bits per heavy atom. The van der Waals surface area contributed by atoms with Crippen LogP contribution in [0.25, 0.3) is 11.2 Å². The number of aromatic nitrogens is 5. The lowest BCUT2D eigenvalue weighted by atomic mass is 10.2. The standard InChI is InChI=1S/C19H22N8O/c1-25-12-23-16-17(25)21-11-22-18(16)27-8-6-26(7-9-27)14-4-5-15(20-10-14)24-19(28)13-2-3-13/h4-5,10-13H,2-3,6-9H2,1H3,(H,20,24,28). The summed E-state index contributed by atoms with van der Waals surface area (Å²) in [6.45, 7) is 3.44. The van der Waals surface area contributed by atoms with Gasteiger partial charge in [-0.05, 0) is 25.0 Å². The monoisotopic (exact) mass is 378 g/mol. The number of carbonyl (C=O) groups is 1. The van der Waals surface area contributed by atoms with Crippen LogP contribution in [0.2, 0.25) is 0 Å². The molecule has 5 rings (SSSR count). The predicted octanol–water partition coefficient (Wildman–Crippen LogP) is 1.43. The summed E-state index contributed by atoms with van der Waals surface area (Å²) in [4.78, 5) is 34.0. The van der Waals surface area contributed by atoms with Crippen molar-refractivity contribution in [2.24, 2.45) is 13.0 Å². The Morgan fingerprint density at radius 1 is 1.04 bits per heavy atom. The van der Waals surface area contributed by atoms with Crippen molar-refractivity contribution in [2.45, 2.75) is 12.8 Å². The molecule has 2 aliphatic rings. The highest BCUT2D eigenvalue weighted by atomic mass is 16.2. The Morgan fingerprint density at radius 2 is 1.82 bits per heavy atom. The van der Waals surface area contributed by atoms with E-state index in [1.165, 1.54) is 0 Å². The Bertz CT molecular complexity index is 1000. The number of pyridine rings is 1. The van der Waals surface area contributed by atoms with Gasteiger partial charge in [0.1, 0.15) is 12.1 Å². The molecule has 9 nitrogen and oxygen atoms in total. The smallest absolute Gasteiger partial charge is 0.228 e. The number of fused-ring (bicyclic) bond motifs is 1. The summed E-state index contributed by atoms with van der Waals surface area (Å²) < 4.78 is 1.91. The lowest BCUT2D eigenvalue weighted by Crippen LogP contribution is -2.47. The molecule has 9 heteroatoms. The first-order valence-electron chi connectivity index (χ1n) is 9.58. The maximum Gasteiger partial charge on any atom is 0.228 e. The molecule has 28 heavy (non-hydrogen) atoms. The highest BCUT2D eigenvalue weighted by Crippen LogP contribution is 2.30. The second kappa shape index (κ2) is 6.74. The second-order valence-corrected chi connectivity index (χ2v) is 7.36. The van der Waals surface area contributed by atoms with E-state index < -0.39 is 0 Å². The molecule has 3 aromatic heterocycles. The van der Waals surface area contributed by atoms with Gasteiger partial charge >= 0.3 is 0 Å². The van der Waals surface area contributed by atoms with Crippen LogP contribution in [0.4, 0.5) is 17.3 Å². The molecule has 1 amide bonds. The maximum absolute atomic E-state index is 11.8. The average molecular weight is 378 g/mol. The summed E-state index contributed by atoms with van der Waals surface area (Å²) in [5.74, 6) is 1.78. The number of imidazole rings is 1. The first-order valence-corrected chi connectivity index (χ1v) is 9.58. The Balaban J connectivity index is 1.24. The third kappa shape index (κ3) is 3.12. The van der Waals surface area contributed by atoms with Crippen molar-refractivity contribution in [1.82, 2.24) is 24.5 Å². The van der Waals surface area contributed by atoms with Crippen molar-refractivity contribution in [3.05, 3.63) is 31.0 Å². The van der Waals surface area contributed by atoms with Crippen molar-refractivity contribution < 1.29 is 4.79 Å². The van der Waals surface area contributed by atoms with Gasteiger partial charge in [-0.25, -0.2) is 19.9 Å². The fraction of sp³-hybridized carbons (Fsp3) is 0.421. The number of nitrogens with zero attached hydrogens (tertiary/aromatic N) is 7. The number of carbonyl (C=O) groups excluding carboxylic acids is 1. The van der Waals surface area contributed by atoms with E-state index >= 15 is 0 Å². The van der Waals surface area contributed by atoms with Crippen LogP contribution in [0.1, 0.15) is 12.8 Å². The van der Waals surface area contributed by atoms with Crippen molar-refractivity contribution in [3.8, 4) is 0 Å². The Labute approximate surface area is 162 Å². The zero-order valence-corrected chi connectivity index (χ0v) is 15.7. The molecule has 0 aromatic carbocycles. The molecule has 1 aliphatic heterocycles. The van der Waals surface area contributed by atoms with Crippen LogP contribution in [0.5, 0.6) is 0 Å². The largest absolute Gasteiger partial charge is 0.367 e. The minimum absolute atomic E-state index is 0.0829. The van der Waals surface area contributed by atoms with Crippen LogP contribution in [0.15, 0.2) is 31.0 Å². The van der Waals surface area contributed by atoms with Crippen LogP contribution < -0.4 is 15.1 Å². The molecule has 144 valence electrons. The first kappa shape index (κ1) is 16.9. The molecular formula is C19H22N8O. The normalized spacial score (nSPS) is 17.2. The maximum atomic E-state index is 11.8. The van der Waals surface area contributed by atoms with Gasteiger partial charge in [0.25, 0.3) is 0 Å². The Hall–Kier alpha value is -3.23. The van der Waals surface area contributed by atoms with Gasteiger partial charge in [0.15, 0.2) is 17.0 Å². The molecular weight excluding hydrogens is 356 g/mol. The van der Waals surface area contributed by atoms with Crippen LogP contribution >= 0.6 is 0 Å². The third-order valence-corrected chi connectivity index (χ3v) is 5.37. The number of anilines is 3. The van der Waals surface area contributed by atoms with E-state index in [2.05, 4.69) is 35.1 Å². The molecule has 0 bridgehead atoms. The minimum atomic E-state index is 0.0829. The lowest BCUT2D eigenvalue weighted by Gasteiger charge is -2.36. The second-order valence-electron chi connectivity index (χ2n) is 7.36. The van der Waals surface area contributed by atoms with Crippen molar-refractivity contribution in [1.29, 1.82) is 0 Å². The fourth-order valence-corrected chi connectivity index (χ4v) is 3.56. The summed E-state index contributed by atoms with van der Waals surface area (Å²) in [5.41, 5.74) is 2.76. The van der Waals surface area contributed by atoms with E-state index in [1.807, 2.05) is 29.9 Å². The highest BCUT2D eigenvalue weighted by Gasteiger charge is 2.29. The van der Waals surface area contributed by atoms with Gasteiger partial charge in [-0.15, -0.1) is 0 Å².